The van der Waals surface area contributed by atoms with Gasteiger partial charge in [-0.05, 0) is 31.0 Å². The number of hydrogen-bond donors (Lipinski definition) is 1. The Hall–Kier alpha value is -1.66. The minimum Gasteiger partial charge on any atom is -0.496 e. The second-order valence-electron chi connectivity index (χ2n) is 5.46. The number of aromatic nitrogens is 1. The topological polar surface area (TPSA) is 43.6 Å². The molecule has 130 valence electrons. The number of nitrogens with zero attached hydrogens (tertiary/aromatic N) is 1. The van der Waals surface area contributed by atoms with Gasteiger partial charge in [0.25, 0.3) is 5.92 Å². The molecular weight excluding hydrogens is 304 g/mol. The first-order valence-corrected chi connectivity index (χ1v) is 7.28. The van der Waals surface area contributed by atoms with Gasteiger partial charge in [0.15, 0.2) is 0 Å². The molecule has 4 nitrogen and oxygen atoms in total. The third-order valence-corrected chi connectivity index (χ3v) is 3.78. The maximum absolute atomic E-state index is 13.7. The van der Waals surface area contributed by atoms with Gasteiger partial charge in [-0.2, -0.15) is 0 Å². The Morgan fingerprint density at radius 2 is 1.78 bits per heavy atom. The van der Waals surface area contributed by atoms with E-state index in [4.69, 9.17) is 9.84 Å². The van der Waals surface area contributed by atoms with E-state index in [-0.39, 0.29) is 17.9 Å². The van der Waals surface area contributed by atoms with Crippen molar-refractivity contribution in [2.24, 2.45) is 7.05 Å². The molecule has 2 rings (SSSR count). The molecule has 23 heavy (non-hydrogen) atoms. The van der Waals surface area contributed by atoms with Crippen LogP contribution in [0.1, 0.15) is 23.7 Å². The van der Waals surface area contributed by atoms with E-state index in [0.717, 1.165) is 29.1 Å². The zero-order valence-electron chi connectivity index (χ0n) is 14.5. The van der Waals surface area contributed by atoms with Crippen LogP contribution < -0.4 is 4.74 Å². The van der Waals surface area contributed by atoms with Crippen LogP contribution in [0.25, 0.3) is 10.9 Å². The van der Waals surface area contributed by atoms with Crippen LogP contribution in [0.3, 0.4) is 0 Å². The van der Waals surface area contributed by atoms with E-state index in [9.17, 15) is 8.78 Å². The first kappa shape index (κ1) is 19.4. The fourth-order valence-electron chi connectivity index (χ4n) is 2.60. The zero-order chi connectivity index (χ0) is 17.8. The van der Waals surface area contributed by atoms with Crippen molar-refractivity contribution in [2.75, 3.05) is 27.9 Å². The van der Waals surface area contributed by atoms with Crippen LogP contribution in [0.4, 0.5) is 8.78 Å². The molecule has 0 bridgehead atoms. The Labute approximate surface area is 135 Å². The van der Waals surface area contributed by atoms with Crippen LogP contribution in [0.5, 0.6) is 5.75 Å². The van der Waals surface area contributed by atoms with Crippen LogP contribution in [0.2, 0.25) is 0 Å². The molecule has 1 heterocycles. The summed E-state index contributed by atoms with van der Waals surface area (Å²) in [6.07, 6.45) is 0.494. The molecule has 0 aliphatic rings. The number of hydrogen-bond acceptors (Lipinski definition) is 3. The molecule has 0 spiro atoms. The van der Waals surface area contributed by atoms with Gasteiger partial charge in [0.2, 0.25) is 0 Å². The molecule has 0 fully saturated rings. The molecule has 1 aromatic carbocycles. The molecule has 0 saturated heterocycles. The first-order chi connectivity index (χ1) is 10.7. The molecule has 0 amide bonds. The average molecular weight is 329 g/mol. The standard InChI is InChI=1S/C15H19F2NO2.C2H6O/c1-9-10(5-6-19)11-7-14(20-4)12(15(2,16)17)8-13(11)18(9)3;1-3-2/h7-8,19H,5-6H2,1-4H3;1-2H3. The lowest BCUT2D eigenvalue weighted by Crippen LogP contribution is -2.09. The van der Waals surface area contributed by atoms with Crippen molar-refractivity contribution in [1.82, 2.24) is 4.57 Å². The van der Waals surface area contributed by atoms with Crippen molar-refractivity contribution in [3.8, 4) is 5.75 Å². The molecule has 0 aliphatic carbocycles. The van der Waals surface area contributed by atoms with Gasteiger partial charge in [0.1, 0.15) is 5.75 Å². The highest BCUT2D eigenvalue weighted by molar-refractivity contribution is 5.88. The van der Waals surface area contributed by atoms with E-state index in [0.29, 0.717) is 6.42 Å². The maximum Gasteiger partial charge on any atom is 0.274 e. The van der Waals surface area contributed by atoms with Crippen LogP contribution in [0, 0.1) is 6.92 Å². The molecule has 0 atom stereocenters. The number of rotatable bonds is 4. The number of aliphatic hydroxyl groups is 1. The fourth-order valence-corrected chi connectivity index (χ4v) is 2.60. The minimum absolute atomic E-state index is 0.0218. The SMILES string of the molecule is COC.COc1cc2c(CCO)c(C)n(C)c2cc1C(C)(F)F. The van der Waals surface area contributed by atoms with Gasteiger partial charge in [0, 0.05) is 51.4 Å². The van der Waals surface area contributed by atoms with E-state index in [1.54, 1.807) is 20.3 Å². The zero-order valence-corrected chi connectivity index (χ0v) is 14.5. The summed E-state index contributed by atoms with van der Waals surface area (Å²) in [5.74, 6) is -2.79. The lowest BCUT2D eigenvalue weighted by Gasteiger charge is -2.15. The van der Waals surface area contributed by atoms with Gasteiger partial charge in [0.05, 0.1) is 12.7 Å². The summed E-state index contributed by atoms with van der Waals surface area (Å²) in [7, 11) is 6.47. The van der Waals surface area contributed by atoms with E-state index < -0.39 is 5.92 Å². The number of fused-ring (bicyclic) bond motifs is 1. The fraction of sp³-hybridized carbons (Fsp3) is 0.529. The Kier molecular flexibility index (Phi) is 6.53. The third-order valence-electron chi connectivity index (χ3n) is 3.78. The predicted molar refractivity (Wildman–Crippen MR) is 87.5 cm³/mol. The van der Waals surface area contributed by atoms with E-state index in [1.807, 2.05) is 18.5 Å². The summed E-state index contributed by atoms with van der Waals surface area (Å²) in [5, 5.41) is 10.0. The van der Waals surface area contributed by atoms with Crippen molar-refractivity contribution < 1.29 is 23.4 Å². The molecule has 0 unspecified atom stereocenters. The normalized spacial score (nSPS) is 11.3. The van der Waals surface area contributed by atoms with Crippen LogP contribution in [-0.4, -0.2) is 37.6 Å². The number of benzene rings is 1. The van der Waals surface area contributed by atoms with Gasteiger partial charge in [-0.25, -0.2) is 8.78 Å². The maximum atomic E-state index is 13.7. The Morgan fingerprint density at radius 1 is 1.22 bits per heavy atom. The van der Waals surface area contributed by atoms with Gasteiger partial charge >= 0.3 is 0 Å². The van der Waals surface area contributed by atoms with Crippen molar-refractivity contribution in [2.45, 2.75) is 26.2 Å². The highest BCUT2D eigenvalue weighted by Crippen LogP contribution is 2.39. The molecule has 0 aliphatic heterocycles. The Morgan fingerprint density at radius 3 is 2.22 bits per heavy atom. The highest BCUT2D eigenvalue weighted by atomic mass is 19.3. The van der Waals surface area contributed by atoms with Crippen LogP contribution in [-0.2, 0) is 24.1 Å². The molecule has 6 heteroatoms. The van der Waals surface area contributed by atoms with Gasteiger partial charge in [-0.15, -0.1) is 0 Å². The van der Waals surface area contributed by atoms with Crippen molar-refractivity contribution in [3.63, 3.8) is 0 Å². The number of aryl methyl sites for hydroxylation is 1. The monoisotopic (exact) mass is 329 g/mol. The molecule has 1 aromatic heterocycles. The summed E-state index contributed by atoms with van der Waals surface area (Å²) >= 11 is 0. The number of aliphatic hydroxyl groups excluding tert-OH is 1. The summed E-state index contributed by atoms with van der Waals surface area (Å²) in [6, 6.07) is 3.11. The summed E-state index contributed by atoms with van der Waals surface area (Å²) < 4.78 is 38.6. The van der Waals surface area contributed by atoms with Gasteiger partial charge in [-0.1, -0.05) is 0 Å². The lowest BCUT2D eigenvalue weighted by molar-refractivity contribution is 0.0152. The second kappa shape index (κ2) is 7.75. The van der Waals surface area contributed by atoms with E-state index >= 15 is 0 Å². The van der Waals surface area contributed by atoms with Crippen molar-refractivity contribution in [1.29, 1.82) is 0 Å². The van der Waals surface area contributed by atoms with Crippen molar-refractivity contribution in [3.05, 3.63) is 29.0 Å². The number of alkyl halides is 2. The highest BCUT2D eigenvalue weighted by Gasteiger charge is 2.30. The number of methoxy groups -OCH3 is 2. The number of halogens is 2. The third kappa shape index (κ3) is 4.00. The molecule has 0 saturated carbocycles. The largest absolute Gasteiger partial charge is 0.496 e. The lowest BCUT2D eigenvalue weighted by atomic mass is 10.0. The Bertz CT molecular complexity index is 660. The molecular formula is C17H25F2NO3. The van der Waals surface area contributed by atoms with Gasteiger partial charge < -0.3 is 19.1 Å². The number of ether oxygens (including phenoxy) is 2. The molecule has 2 aromatic rings. The minimum atomic E-state index is -2.96. The quantitative estimate of drug-likeness (QED) is 0.935. The van der Waals surface area contributed by atoms with Crippen LogP contribution >= 0.6 is 0 Å². The molecule has 1 N–H and O–H groups in total. The summed E-state index contributed by atoms with van der Waals surface area (Å²) in [6.45, 7) is 2.80. The summed E-state index contributed by atoms with van der Waals surface area (Å²) in [4.78, 5) is 0. The Balaban J connectivity index is 0.000000816. The van der Waals surface area contributed by atoms with Crippen LogP contribution in [0.15, 0.2) is 12.1 Å². The predicted octanol–water partition coefficient (Wildman–Crippen LogP) is 3.40. The smallest absolute Gasteiger partial charge is 0.274 e. The molecule has 0 radical (unpaired) electrons. The van der Waals surface area contributed by atoms with E-state index in [2.05, 4.69) is 4.74 Å². The summed E-state index contributed by atoms with van der Waals surface area (Å²) in [5.41, 5.74) is 2.54. The second-order valence-corrected chi connectivity index (χ2v) is 5.46. The average Bonchev–Trinajstić information content (AvgIpc) is 2.71. The van der Waals surface area contributed by atoms with E-state index in [1.165, 1.54) is 13.2 Å². The van der Waals surface area contributed by atoms with Crippen molar-refractivity contribution >= 4 is 10.9 Å². The van der Waals surface area contributed by atoms with Gasteiger partial charge in [-0.3, -0.25) is 0 Å². The first-order valence-electron chi connectivity index (χ1n) is 7.28.